The van der Waals surface area contributed by atoms with Crippen LogP contribution >= 0.6 is 0 Å². The van der Waals surface area contributed by atoms with Gasteiger partial charge in [-0.15, -0.1) is 0 Å². The Morgan fingerprint density at radius 2 is 1.84 bits per heavy atom. The smallest absolute Gasteiger partial charge is 0.0198 e. The maximum Gasteiger partial charge on any atom is 0.0198 e. The van der Waals surface area contributed by atoms with Crippen molar-refractivity contribution in [1.82, 2.24) is 10.2 Å². The summed E-state index contributed by atoms with van der Waals surface area (Å²) in [4.78, 5) is 2.78. The molecule has 3 rings (SSSR count). The van der Waals surface area contributed by atoms with Gasteiger partial charge in [-0.3, -0.25) is 4.90 Å². The summed E-state index contributed by atoms with van der Waals surface area (Å²) in [5, 5.41) is 3.90. The Bertz CT molecular complexity index is 281. The van der Waals surface area contributed by atoms with Gasteiger partial charge in [-0.05, 0) is 63.3 Å². The van der Waals surface area contributed by atoms with E-state index in [9.17, 15) is 0 Å². The Hall–Kier alpha value is -0.0800. The Kier molecular flexibility index (Phi) is 4.48. The van der Waals surface area contributed by atoms with E-state index in [1.165, 1.54) is 64.6 Å². The van der Waals surface area contributed by atoms with Gasteiger partial charge in [0, 0.05) is 25.2 Å². The van der Waals surface area contributed by atoms with Gasteiger partial charge >= 0.3 is 0 Å². The van der Waals surface area contributed by atoms with Crippen molar-refractivity contribution in [3.8, 4) is 0 Å². The SMILES string of the molecule is CC1CC(NCC2CCCC2)CN(C(C)C2CC2)C1. The van der Waals surface area contributed by atoms with E-state index in [-0.39, 0.29) is 0 Å². The zero-order valence-electron chi connectivity index (χ0n) is 12.9. The second-order valence-electron chi connectivity index (χ2n) is 7.63. The molecule has 0 aromatic carbocycles. The topological polar surface area (TPSA) is 15.3 Å². The molecule has 3 atom stereocenters. The van der Waals surface area contributed by atoms with E-state index in [2.05, 4.69) is 24.1 Å². The molecule has 110 valence electrons. The van der Waals surface area contributed by atoms with Crippen LogP contribution in [0.2, 0.25) is 0 Å². The minimum absolute atomic E-state index is 0.755. The minimum atomic E-state index is 0.755. The van der Waals surface area contributed by atoms with Crippen LogP contribution in [0.25, 0.3) is 0 Å². The van der Waals surface area contributed by atoms with Crippen LogP contribution < -0.4 is 5.32 Å². The number of hydrogen-bond acceptors (Lipinski definition) is 2. The number of rotatable bonds is 5. The van der Waals surface area contributed by atoms with Gasteiger partial charge in [0.15, 0.2) is 0 Å². The zero-order chi connectivity index (χ0) is 13.2. The molecule has 1 N–H and O–H groups in total. The summed E-state index contributed by atoms with van der Waals surface area (Å²) >= 11 is 0. The van der Waals surface area contributed by atoms with E-state index in [1.54, 1.807) is 0 Å². The first-order valence-corrected chi connectivity index (χ1v) is 8.70. The summed E-state index contributed by atoms with van der Waals surface area (Å²) in [6.45, 7) is 8.82. The molecule has 1 saturated heterocycles. The van der Waals surface area contributed by atoms with E-state index in [0.717, 1.165) is 29.8 Å². The predicted octanol–water partition coefficient (Wildman–Crippen LogP) is 3.28. The first-order chi connectivity index (χ1) is 9.22. The number of likely N-dealkylation sites (tertiary alicyclic amines) is 1. The molecule has 3 aliphatic rings. The molecule has 3 unspecified atom stereocenters. The van der Waals surface area contributed by atoms with Gasteiger partial charge in [0.2, 0.25) is 0 Å². The van der Waals surface area contributed by atoms with Crippen molar-refractivity contribution < 1.29 is 0 Å². The highest BCUT2D eigenvalue weighted by molar-refractivity contribution is 4.91. The van der Waals surface area contributed by atoms with E-state index in [1.807, 2.05) is 0 Å². The normalized spacial score (nSPS) is 35.7. The summed E-state index contributed by atoms with van der Waals surface area (Å²) < 4.78 is 0. The average Bonchev–Trinajstić information content (AvgIpc) is 3.12. The van der Waals surface area contributed by atoms with Crippen LogP contribution in [-0.4, -0.2) is 36.6 Å². The van der Waals surface area contributed by atoms with Gasteiger partial charge in [0.05, 0.1) is 0 Å². The van der Waals surface area contributed by atoms with E-state index in [0.29, 0.717) is 0 Å². The van der Waals surface area contributed by atoms with Crippen LogP contribution in [0.3, 0.4) is 0 Å². The third-order valence-corrected chi connectivity index (χ3v) is 5.74. The van der Waals surface area contributed by atoms with Gasteiger partial charge < -0.3 is 5.32 Å². The molecule has 1 aliphatic heterocycles. The van der Waals surface area contributed by atoms with E-state index < -0.39 is 0 Å². The molecule has 0 bridgehead atoms. The molecule has 0 spiro atoms. The highest BCUT2D eigenvalue weighted by Gasteiger charge is 2.35. The van der Waals surface area contributed by atoms with Crippen molar-refractivity contribution >= 4 is 0 Å². The van der Waals surface area contributed by atoms with Gasteiger partial charge in [-0.25, -0.2) is 0 Å². The monoisotopic (exact) mass is 264 g/mol. The summed E-state index contributed by atoms with van der Waals surface area (Å²) in [6.07, 6.45) is 10.2. The fraction of sp³-hybridized carbons (Fsp3) is 1.00. The second kappa shape index (κ2) is 6.13. The Morgan fingerprint density at radius 1 is 1.11 bits per heavy atom. The van der Waals surface area contributed by atoms with Crippen LogP contribution in [0.15, 0.2) is 0 Å². The van der Waals surface area contributed by atoms with Crippen LogP contribution in [0.4, 0.5) is 0 Å². The van der Waals surface area contributed by atoms with Crippen molar-refractivity contribution in [1.29, 1.82) is 0 Å². The Balaban J connectivity index is 1.46. The highest BCUT2D eigenvalue weighted by atomic mass is 15.2. The van der Waals surface area contributed by atoms with Gasteiger partial charge in [0.1, 0.15) is 0 Å². The molecular formula is C17H32N2. The van der Waals surface area contributed by atoms with Gasteiger partial charge in [0.25, 0.3) is 0 Å². The molecular weight excluding hydrogens is 232 g/mol. The van der Waals surface area contributed by atoms with Crippen molar-refractivity contribution in [2.45, 2.75) is 70.9 Å². The van der Waals surface area contributed by atoms with Crippen LogP contribution in [0.5, 0.6) is 0 Å². The predicted molar refractivity (Wildman–Crippen MR) is 81.3 cm³/mol. The number of hydrogen-bond donors (Lipinski definition) is 1. The molecule has 0 amide bonds. The lowest BCUT2D eigenvalue weighted by Gasteiger charge is -2.40. The zero-order valence-corrected chi connectivity index (χ0v) is 12.9. The molecule has 2 saturated carbocycles. The number of nitrogens with zero attached hydrogens (tertiary/aromatic N) is 1. The minimum Gasteiger partial charge on any atom is -0.312 e. The van der Waals surface area contributed by atoms with Crippen LogP contribution in [0, 0.1) is 17.8 Å². The molecule has 2 aliphatic carbocycles. The first kappa shape index (κ1) is 13.9. The summed E-state index contributed by atoms with van der Waals surface area (Å²) in [7, 11) is 0. The standard InChI is InChI=1S/C17H32N2/c1-13-9-17(18-10-15-5-3-4-6-15)12-19(11-13)14(2)16-7-8-16/h13-18H,3-12H2,1-2H3. The molecule has 2 heteroatoms. The lowest BCUT2D eigenvalue weighted by atomic mass is 9.93. The molecule has 0 radical (unpaired) electrons. The molecule has 3 fully saturated rings. The van der Waals surface area contributed by atoms with E-state index in [4.69, 9.17) is 0 Å². The van der Waals surface area contributed by atoms with Crippen LogP contribution in [-0.2, 0) is 0 Å². The summed E-state index contributed by atoms with van der Waals surface area (Å²) in [6, 6.07) is 1.59. The van der Waals surface area contributed by atoms with Crippen molar-refractivity contribution in [2.75, 3.05) is 19.6 Å². The first-order valence-electron chi connectivity index (χ1n) is 8.70. The summed E-state index contributed by atoms with van der Waals surface area (Å²) in [5.74, 6) is 2.86. The summed E-state index contributed by atoms with van der Waals surface area (Å²) in [5.41, 5.74) is 0. The van der Waals surface area contributed by atoms with Crippen LogP contribution in [0.1, 0.15) is 58.8 Å². The maximum absolute atomic E-state index is 3.90. The highest BCUT2D eigenvalue weighted by Crippen LogP contribution is 2.36. The molecule has 0 aromatic heterocycles. The Morgan fingerprint density at radius 3 is 2.53 bits per heavy atom. The van der Waals surface area contributed by atoms with E-state index >= 15 is 0 Å². The van der Waals surface area contributed by atoms with Gasteiger partial charge in [-0.2, -0.15) is 0 Å². The fourth-order valence-corrected chi connectivity index (χ4v) is 4.30. The second-order valence-corrected chi connectivity index (χ2v) is 7.63. The lowest BCUT2D eigenvalue weighted by Crippen LogP contribution is -2.52. The largest absolute Gasteiger partial charge is 0.312 e. The Labute approximate surface area is 119 Å². The fourth-order valence-electron chi connectivity index (χ4n) is 4.30. The van der Waals surface area contributed by atoms with Crippen molar-refractivity contribution in [3.63, 3.8) is 0 Å². The molecule has 2 nitrogen and oxygen atoms in total. The number of nitrogens with one attached hydrogen (secondary N) is 1. The molecule has 1 heterocycles. The maximum atomic E-state index is 3.90. The van der Waals surface area contributed by atoms with Crippen molar-refractivity contribution in [3.05, 3.63) is 0 Å². The lowest BCUT2D eigenvalue weighted by molar-refractivity contribution is 0.0991. The van der Waals surface area contributed by atoms with Gasteiger partial charge in [-0.1, -0.05) is 19.8 Å². The molecule has 19 heavy (non-hydrogen) atoms. The molecule has 0 aromatic rings. The third-order valence-electron chi connectivity index (χ3n) is 5.74. The third kappa shape index (κ3) is 3.72. The van der Waals surface area contributed by atoms with Crippen molar-refractivity contribution in [2.24, 2.45) is 17.8 Å². The average molecular weight is 264 g/mol. The quantitative estimate of drug-likeness (QED) is 0.820. The number of piperidine rings is 1.